The SMILES string of the molecule is CCC=CCC=CCC=CCCCCCCCC(=O)OCC(CO)OC(=O)CCCCCCCCCCCCCCCCCCCCCCC. The maximum absolute atomic E-state index is 12.2. The highest BCUT2D eigenvalue weighted by Crippen LogP contribution is 2.16. The van der Waals surface area contributed by atoms with Crippen LogP contribution in [0.2, 0.25) is 0 Å². The fourth-order valence-corrected chi connectivity index (χ4v) is 6.22. The zero-order valence-electron chi connectivity index (χ0n) is 33.2. The highest BCUT2D eigenvalue weighted by Gasteiger charge is 2.16. The first-order chi connectivity index (χ1) is 24.6. The number of carbonyl (C=O) groups is 2. The molecule has 0 fully saturated rings. The Balaban J connectivity index is 3.51. The van der Waals surface area contributed by atoms with Crippen LogP contribution in [-0.2, 0) is 19.1 Å². The number of rotatable bonds is 39. The first-order valence-corrected chi connectivity index (χ1v) is 21.5. The molecule has 0 radical (unpaired) electrons. The van der Waals surface area contributed by atoms with Crippen LogP contribution < -0.4 is 0 Å². The molecule has 1 N–H and O–H groups in total. The zero-order valence-corrected chi connectivity index (χ0v) is 33.2. The third-order valence-corrected chi connectivity index (χ3v) is 9.45. The van der Waals surface area contributed by atoms with Crippen LogP contribution in [0.4, 0.5) is 0 Å². The van der Waals surface area contributed by atoms with Gasteiger partial charge in [-0.25, -0.2) is 0 Å². The van der Waals surface area contributed by atoms with Gasteiger partial charge in [-0.2, -0.15) is 0 Å². The van der Waals surface area contributed by atoms with Crippen LogP contribution in [0, 0.1) is 0 Å². The van der Waals surface area contributed by atoms with Crippen LogP contribution in [-0.4, -0.2) is 36.4 Å². The molecule has 0 saturated carbocycles. The molecule has 5 heteroatoms. The Hall–Kier alpha value is -1.88. The Labute approximate surface area is 310 Å². The summed E-state index contributed by atoms with van der Waals surface area (Å²) in [7, 11) is 0. The Morgan fingerprint density at radius 1 is 0.480 bits per heavy atom. The summed E-state index contributed by atoms with van der Waals surface area (Å²) in [4.78, 5) is 24.3. The van der Waals surface area contributed by atoms with Gasteiger partial charge in [-0.05, 0) is 44.9 Å². The lowest BCUT2D eigenvalue weighted by Gasteiger charge is -2.15. The van der Waals surface area contributed by atoms with E-state index in [0.29, 0.717) is 12.8 Å². The highest BCUT2D eigenvalue weighted by atomic mass is 16.6. The van der Waals surface area contributed by atoms with E-state index >= 15 is 0 Å². The first kappa shape index (κ1) is 48.1. The lowest BCUT2D eigenvalue weighted by molar-refractivity contribution is -0.161. The summed E-state index contributed by atoms with van der Waals surface area (Å²) >= 11 is 0. The largest absolute Gasteiger partial charge is 0.462 e. The van der Waals surface area contributed by atoms with Gasteiger partial charge in [0.1, 0.15) is 6.61 Å². The number of hydrogen-bond acceptors (Lipinski definition) is 5. The Morgan fingerprint density at radius 2 is 0.860 bits per heavy atom. The molecular formula is C45H82O5. The minimum Gasteiger partial charge on any atom is -0.462 e. The molecule has 0 bridgehead atoms. The van der Waals surface area contributed by atoms with Crippen LogP contribution in [0.5, 0.6) is 0 Å². The van der Waals surface area contributed by atoms with E-state index < -0.39 is 6.10 Å². The monoisotopic (exact) mass is 703 g/mol. The number of ether oxygens (including phenoxy) is 2. The van der Waals surface area contributed by atoms with Gasteiger partial charge in [0.2, 0.25) is 0 Å². The van der Waals surface area contributed by atoms with E-state index in [2.05, 4.69) is 50.3 Å². The normalized spacial score (nSPS) is 12.5. The third kappa shape index (κ3) is 38.9. The van der Waals surface area contributed by atoms with Crippen molar-refractivity contribution in [1.29, 1.82) is 0 Å². The van der Waals surface area contributed by atoms with Gasteiger partial charge in [0.25, 0.3) is 0 Å². The average molecular weight is 703 g/mol. The van der Waals surface area contributed by atoms with Crippen molar-refractivity contribution in [2.24, 2.45) is 0 Å². The molecule has 50 heavy (non-hydrogen) atoms. The number of carbonyl (C=O) groups excluding carboxylic acids is 2. The lowest BCUT2D eigenvalue weighted by atomic mass is 10.0. The van der Waals surface area contributed by atoms with Crippen LogP contribution in [0.15, 0.2) is 36.5 Å². The van der Waals surface area contributed by atoms with Gasteiger partial charge in [0.05, 0.1) is 6.61 Å². The van der Waals surface area contributed by atoms with E-state index in [4.69, 9.17) is 9.47 Å². The fraction of sp³-hybridized carbons (Fsp3) is 0.822. The molecule has 0 heterocycles. The van der Waals surface area contributed by atoms with Gasteiger partial charge in [-0.15, -0.1) is 0 Å². The quantitative estimate of drug-likeness (QED) is 0.0392. The van der Waals surface area contributed by atoms with Crippen molar-refractivity contribution in [2.75, 3.05) is 13.2 Å². The first-order valence-electron chi connectivity index (χ1n) is 21.5. The van der Waals surface area contributed by atoms with Crippen LogP contribution in [0.1, 0.15) is 219 Å². The van der Waals surface area contributed by atoms with E-state index in [9.17, 15) is 14.7 Å². The molecule has 0 rings (SSSR count). The summed E-state index contributed by atoms with van der Waals surface area (Å²) in [5.74, 6) is -0.603. The van der Waals surface area contributed by atoms with Crippen LogP contribution in [0.25, 0.3) is 0 Å². The lowest BCUT2D eigenvalue weighted by Crippen LogP contribution is -2.28. The maximum atomic E-state index is 12.2. The van der Waals surface area contributed by atoms with Gasteiger partial charge in [-0.3, -0.25) is 9.59 Å². The molecule has 0 amide bonds. The van der Waals surface area contributed by atoms with Crippen molar-refractivity contribution in [3.63, 3.8) is 0 Å². The van der Waals surface area contributed by atoms with Crippen molar-refractivity contribution >= 4 is 11.9 Å². The highest BCUT2D eigenvalue weighted by molar-refractivity contribution is 5.70. The minimum absolute atomic E-state index is 0.0721. The number of unbranched alkanes of at least 4 members (excludes halogenated alkanes) is 25. The van der Waals surface area contributed by atoms with Crippen molar-refractivity contribution in [3.8, 4) is 0 Å². The van der Waals surface area contributed by atoms with Crippen molar-refractivity contribution in [3.05, 3.63) is 36.5 Å². The van der Waals surface area contributed by atoms with Crippen molar-refractivity contribution < 1.29 is 24.2 Å². The summed E-state index contributed by atoms with van der Waals surface area (Å²) in [5.41, 5.74) is 0. The van der Waals surface area contributed by atoms with Crippen molar-refractivity contribution in [1.82, 2.24) is 0 Å². The topological polar surface area (TPSA) is 72.8 Å². The molecule has 0 aromatic carbocycles. The van der Waals surface area contributed by atoms with Gasteiger partial charge >= 0.3 is 11.9 Å². The standard InChI is InChI=1S/C45H82O5/c1-3-5-7-9-11-13-15-17-19-20-21-22-23-24-26-28-30-32-34-36-38-40-45(48)50-43(41-46)42-49-44(47)39-37-35-33-31-29-27-25-18-16-14-12-10-8-6-4-2/h6,8,12,14,18,25,43,46H,3-5,7,9-11,13,15-17,19-24,26-42H2,1-2H3. The number of allylic oxidation sites excluding steroid dienone is 6. The van der Waals surface area contributed by atoms with Gasteiger partial charge in [0, 0.05) is 12.8 Å². The molecule has 292 valence electrons. The van der Waals surface area contributed by atoms with Crippen molar-refractivity contribution in [2.45, 2.75) is 225 Å². The molecule has 0 aromatic rings. The molecular weight excluding hydrogens is 620 g/mol. The van der Waals surface area contributed by atoms with E-state index in [1.165, 1.54) is 128 Å². The Bertz CT molecular complexity index is 801. The predicted molar refractivity (Wildman–Crippen MR) is 214 cm³/mol. The second kappa shape index (κ2) is 41.5. The Morgan fingerprint density at radius 3 is 1.30 bits per heavy atom. The van der Waals surface area contributed by atoms with Crippen LogP contribution in [0.3, 0.4) is 0 Å². The molecule has 5 nitrogen and oxygen atoms in total. The average Bonchev–Trinajstić information content (AvgIpc) is 3.12. The smallest absolute Gasteiger partial charge is 0.306 e. The molecule has 0 aliphatic rings. The number of hydrogen-bond donors (Lipinski definition) is 1. The summed E-state index contributed by atoms with van der Waals surface area (Å²) in [6, 6.07) is 0. The Kier molecular flexibility index (Phi) is 40.0. The summed E-state index contributed by atoms with van der Waals surface area (Å²) in [6.45, 7) is 4.03. The predicted octanol–water partition coefficient (Wildman–Crippen LogP) is 13.6. The fourth-order valence-electron chi connectivity index (χ4n) is 6.22. The maximum Gasteiger partial charge on any atom is 0.306 e. The van der Waals surface area contributed by atoms with E-state index in [0.717, 1.165) is 64.2 Å². The summed E-state index contributed by atoms with van der Waals surface area (Å²) in [5, 5.41) is 9.57. The molecule has 0 saturated heterocycles. The van der Waals surface area contributed by atoms with Gasteiger partial charge < -0.3 is 14.6 Å². The number of esters is 2. The third-order valence-electron chi connectivity index (χ3n) is 9.45. The number of aliphatic hydroxyl groups is 1. The van der Waals surface area contributed by atoms with Crippen LogP contribution >= 0.6 is 0 Å². The molecule has 1 atom stereocenters. The number of aliphatic hydroxyl groups excluding tert-OH is 1. The van der Waals surface area contributed by atoms with E-state index in [1.54, 1.807) is 0 Å². The molecule has 0 aliphatic carbocycles. The van der Waals surface area contributed by atoms with E-state index in [-0.39, 0.29) is 25.2 Å². The second-order valence-electron chi connectivity index (χ2n) is 14.4. The molecule has 0 aliphatic heterocycles. The zero-order chi connectivity index (χ0) is 36.4. The summed E-state index contributed by atoms with van der Waals surface area (Å²) < 4.78 is 10.6. The second-order valence-corrected chi connectivity index (χ2v) is 14.4. The minimum atomic E-state index is -0.775. The molecule has 0 spiro atoms. The van der Waals surface area contributed by atoms with E-state index in [1.807, 2.05) is 0 Å². The van der Waals surface area contributed by atoms with Gasteiger partial charge in [-0.1, -0.05) is 198 Å². The summed E-state index contributed by atoms with van der Waals surface area (Å²) in [6.07, 6.45) is 50.8. The molecule has 0 aromatic heterocycles. The van der Waals surface area contributed by atoms with Gasteiger partial charge in [0.15, 0.2) is 6.10 Å². The molecule has 1 unspecified atom stereocenters.